The molecule has 2 aliphatic rings. The third kappa shape index (κ3) is 8.08. The fourth-order valence-corrected chi connectivity index (χ4v) is 4.82. The van der Waals surface area contributed by atoms with Crippen molar-refractivity contribution in [2.45, 2.75) is 38.0 Å². The molecule has 9 nitrogen and oxygen atoms in total. The van der Waals surface area contributed by atoms with Crippen molar-refractivity contribution in [3.63, 3.8) is 0 Å². The van der Waals surface area contributed by atoms with Gasteiger partial charge < -0.3 is 20.1 Å². The molecule has 4 rings (SSSR count). The molecule has 2 atom stereocenters. The van der Waals surface area contributed by atoms with Crippen molar-refractivity contribution in [2.75, 3.05) is 33.3 Å². The highest BCUT2D eigenvalue weighted by Crippen LogP contribution is 2.27. The Morgan fingerprint density at radius 3 is 2.05 bits per heavy atom. The SMILES string of the molecule is COc1ccc(C(=O)C2CCN([C@H]3CN(Cc4ccc(F)cc4)CC[C@@H]3O)CC2)cc1.O=C(O)C(=O)O. The Morgan fingerprint density at radius 1 is 0.919 bits per heavy atom. The second-order valence-corrected chi connectivity index (χ2v) is 9.30. The first-order valence-electron chi connectivity index (χ1n) is 12.2. The largest absolute Gasteiger partial charge is 0.497 e. The summed E-state index contributed by atoms with van der Waals surface area (Å²) in [6.45, 7) is 4.02. The number of carbonyl (C=O) groups excluding carboxylic acids is 1. The van der Waals surface area contributed by atoms with Gasteiger partial charge in [0.25, 0.3) is 0 Å². The Kier molecular flexibility index (Phi) is 10.1. The highest BCUT2D eigenvalue weighted by Gasteiger charge is 2.35. The van der Waals surface area contributed by atoms with Crippen LogP contribution in [0.25, 0.3) is 0 Å². The minimum Gasteiger partial charge on any atom is -0.497 e. The van der Waals surface area contributed by atoms with Crippen LogP contribution < -0.4 is 4.74 Å². The quantitative estimate of drug-likeness (QED) is 0.392. The highest BCUT2D eigenvalue weighted by atomic mass is 19.1. The molecule has 0 saturated carbocycles. The summed E-state index contributed by atoms with van der Waals surface area (Å²) in [4.78, 5) is 35.8. The number of piperidine rings is 2. The number of aliphatic hydroxyl groups excluding tert-OH is 1. The Labute approximate surface area is 215 Å². The van der Waals surface area contributed by atoms with E-state index in [1.165, 1.54) is 12.1 Å². The maximum absolute atomic E-state index is 13.2. The van der Waals surface area contributed by atoms with Crippen molar-refractivity contribution < 1.29 is 38.8 Å². The first kappa shape index (κ1) is 28.2. The molecule has 2 fully saturated rings. The van der Waals surface area contributed by atoms with Crippen LogP contribution in [0.15, 0.2) is 48.5 Å². The number of likely N-dealkylation sites (tertiary alicyclic amines) is 2. The van der Waals surface area contributed by atoms with Crippen molar-refractivity contribution in [3.8, 4) is 5.75 Å². The number of halogens is 1. The van der Waals surface area contributed by atoms with E-state index >= 15 is 0 Å². The number of methoxy groups -OCH3 is 1. The lowest BCUT2D eigenvalue weighted by molar-refractivity contribution is -0.159. The predicted molar refractivity (Wildman–Crippen MR) is 133 cm³/mol. The zero-order valence-corrected chi connectivity index (χ0v) is 20.8. The zero-order valence-electron chi connectivity index (χ0n) is 20.8. The van der Waals surface area contributed by atoms with Crippen LogP contribution in [-0.4, -0.2) is 88.3 Å². The van der Waals surface area contributed by atoms with Gasteiger partial charge in [0.15, 0.2) is 5.78 Å². The fraction of sp³-hybridized carbons (Fsp3) is 0.444. The number of aliphatic hydroxyl groups is 1. The van der Waals surface area contributed by atoms with Gasteiger partial charge in [0.2, 0.25) is 0 Å². The van der Waals surface area contributed by atoms with Crippen LogP contribution >= 0.6 is 0 Å². The molecular weight excluding hydrogens is 483 g/mol. The highest BCUT2D eigenvalue weighted by molar-refractivity contribution is 6.27. The molecule has 0 aliphatic carbocycles. The van der Waals surface area contributed by atoms with Crippen molar-refractivity contribution >= 4 is 17.7 Å². The molecule has 37 heavy (non-hydrogen) atoms. The minimum absolute atomic E-state index is 0.0284. The van der Waals surface area contributed by atoms with Crippen LogP contribution in [-0.2, 0) is 16.1 Å². The summed E-state index contributed by atoms with van der Waals surface area (Å²) in [5, 5.41) is 25.4. The molecule has 10 heteroatoms. The van der Waals surface area contributed by atoms with E-state index in [2.05, 4.69) is 9.80 Å². The lowest BCUT2D eigenvalue weighted by Gasteiger charge is -2.44. The van der Waals surface area contributed by atoms with Crippen LogP contribution in [0.1, 0.15) is 35.2 Å². The number of nitrogens with zero attached hydrogens (tertiary/aromatic N) is 2. The number of Topliss-reactive ketones (excluding diaryl/α,β-unsaturated/α-hetero) is 1. The third-order valence-electron chi connectivity index (χ3n) is 6.88. The molecule has 2 aromatic rings. The summed E-state index contributed by atoms with van der Waals surface area (Å²) < 4.78 is 18.3. The lowest BCUT2D eigenvalue weighted by Crippen LogP contribution is -2.56. The van der Waals surface area contributed by atoms with Gasteiger partial charge in [-0.2, -0.15) is 0 Å². The molecule has 200 valence electrons. The van der Waals surface area contributed by atoms with Gasteiger partial charge in [-0.25, -0.2) is 14.0 Å². The zero-order chi connectivity index (χ0) is 26.9. The maximum atomic E-state index is 13.2. The van der Waals surface area contributed by atoms with Crippen molar-refractivity contribution in [1.82, 2.24) is 9.80 Å². The molecule has 2 saturated heterocycles. The first-order valence-corrected chi connectivity index (χ1v) is 12.2. The first-order chi connectivity index (χ1) is 17.7. The molecule has 0 spiro atoms. The molecule has 0 aromatic heterocycles. The van der Waals surface area contributed by atoms with Crippen LogP contribution in [0.5, 0.6) is 5.75 Å². The maximum Gasteiger partial charge on any atom is 0.414 e. The summed E-state index contributed by atoms with van der Waals surface area (Å²) >= 11 is 0. The number of hydrogen-bond donors (Lipinski definition) is 3. The van der Waals surface area contributed by atoms with Gasteiger partial charge in [0.1, 0.15) is 11.6 Å². The molecule has 3 N–H and O–H groups in total. The number of ketones is 1. The molecule has 2 heterocycles. The minimum atomic E-state index is -1.82. The summed E-state index contributed by atoms with van der Waals surface area (Å²) in [6, 6.07) is 14.1. The van der Waals surface area contributed by atoms with Gasteiger partial charge in [-0.15, -0.1) is 0 Å². The van der Waals surface area contributed by atoms with Gasteiger partial charge in [-0.3, -0.25) is 14.6 Å². The summed E-state index contributed by atoms with van der Waals surface area (Å²) in [5.41, 5.74) is 1.82. The third-order valence-corrected chi connectivity index (χ3v) is 6.88. The van der Waals surface area contributed by atoms with E-state index in [0.29, 0.717) is 0 Å². The van der Waals surface area contributed by atoms with Crippen LogP contribution in [0.4, 0.5) is 4.39 Å². The molecule has 0 bridgehead atoms. The van der Waals surface area contributed by atoms with Crippen molar-refractivity contribution in [3.05, 3.63) is 65.5 Å². The Hall–Kier alpha value is -3.34. The molecule has 0 amide bonds. The number of benzene rings is 2. The van der Waals surface area contributed by atoms with Crippen LogP contribution in [0.2, 0.25) is 0 Å². The molecular formula is C27H33FN2O7. The summed E-state index contributed by atoms with van der Waals surface area (Å²) in [7, 11) is 1.62. The van der Waals surface area contributed by atoms with Crippen LogP contribution in [0.3, 0.4) is 0 Å². The summed E-state index contributed by atoms with van der Waals surface area (Å²) in [5.74, 6) is -2.89. The monoisotopic (exact) mass is 516 g/mol. The number of hydrogen-bond acceptors (Lipinski definition) is 7. The number of ether oxygens (including phenoxy) is 1. The lowest BCUT2D eigenvalue weighted by atomic mass is 9.87. The van der Waals surface area contributed by atoms with E-state index in [1.807, 2.05) is 36.4 Å². The van der Waals surface area contributed by atoms with E-state index in [-0.39, 0.29) is 29.7 Å². The number of aliphatic carboxylic acids is 2. The smallest absolute Gasteiger partial charge is 0.414 e. The Morgan fingerprint density at radius 2 is 1.51 bits per heavy atom. The topological polar surface area (TPSA) is 128 Å². The molecule has 2 aliphatic heterocycles. The number of carboxylic acids is 2. The second kappa shape index (κ2) is 13.3. The normalized spacial score (nSPS) is 20.9. The van der Waals surface area contributed by atoms with E-state index < -0.39 is 11.9 Å². The van der Waals surface area contributed by atoms with Gasteiger partial charge in [-0.05, 0) is 74.3 Å². The van der Waals surface area contributed by atoms with Gasteiger partial charge in [0, 0.05) is 37.2 Å². The summed E-state index contributed by atoms with van der Waals surface area (Å²) in [6.07, 6.45) is 2.01. The van der Waals surface area contributed by atoms with E-state index in [1.54, 1.807) is 7.11 Å². The standard InChI is InChI=1S/C25H31FN2O3.C2H2O4/c1-31-22-8-4-19(5-9-22)25(30)20-10-14-28(15-11-20)23-17-27(13-12-24(23)29)16-18-2-6-21(26)7-3-18;3-1(4)2(5)6/h2-9,20,23-24,29H,10-17H2,1H3;(H,3,4)(H,5,6)/t23-,24-;/m0./s1. The van der Waals surface area contributed by atoms with Crippen LogP contribution in [0, 0.1) is 11.7 Å². The second-order valence-electron chi connectivity index (χ2n) is 9.30. The van der Waals surface area contributed by atoms with E-state index in [9.17, 15) is 14.3 Å². The Bertz CT molecular complexity index is 1040. The van der Waals surface area contributed by atoms with Crippen molar-refractivity contribution in [1.29, 1.82) is 0 Å². The number of carbonyl (C=O) groups is 3. The molecule has 0 unspecified atom stereocenters. The van der Waals surface area contributed by atoms with E-state index in [4.69, 9.17) is 24.5 Å². The Balaban J connectivity index is 0.000000568. The number of rotatable bonds is 6. The van der Waals surface area contributed by atoms with Gasteiger partial charge in [-0.1, -0.05) is 12.1 Å². The average molecular weight is 517 g/mol. The molecule has 0 radical (unpaired) electrons. The fourth-order valence-electron chi connectivity index (χ4n) is 4.82. The average Bonchev–Trinajstić information content (AvgIpc) is 2.91. The number of carboxylic acid groups (broad SMARTS) is 2. The van der Waals surface area contributed by atoms with Gasteiger partial charge >= 0.3 is 11.9 Å². The van der Waals surface area contributed by atoms with Crippen molar-refractivity contribution in [2.24, 2.45) is 5.92 Å². The van der Waals surface area contributed by atoms with Gasteiger partial charge in [0.05, 0.1) is 13.2 Å². The van der Waals surface area contributed by atoms with E-state index in [0.717, 1.165) is 68.9 Å². The predicted octanol–water partition coefficient (Wildman–Crippen LogP) is 2.52. The molecule has 2 aromatic carbocycles.